The number of anilines is 2. The predicted molar refractivity (Wildman–Crippen MR) is 121 cm³/mol. The summed E-state index contributed by atoms with van der Waals surface area (Å²) < 4.78 is 0. The molecule has 33 heavy (non-hydrogen) atoms. The van der Waals surface area contributed by atoms with Crippen LogP contribution in [-0.4, -0.2) is 51.2 Å². The number of carbonyl (C=O) groups excluding carboxylic acids is 1. The van der Waals surface area contributed by atoms with Crippen molar-refractivity contribution in [1.29, 1.82) is 0 Å². The fourth-order valence-electron chi connectivity index (χ4n) is 4.77. The van der Waals surface area contributed by atoms with Crippen LogP contribution in [0.5, 0.6) is 0 Å². The van der Waals surface area contributed by atoms with Gasteiger partial charge in [0.1, 0.15) is 5.82 Å². The minimum atomic E-state index is -1.12. The van der Waals surface area contributed by atoms with Crippen molar-refractivity contribution >= 4 is 29.5 Å². The fourth-order valence-corrected chi connectivity index (χ4v) is 4.77. The number of fused-ring (bicyclic) bond motifs is 2. The summed E-state index contributed by atoms with van der Waals surface area (Å²) >= 11 is 0. The second-order valence-corrected chi connectivity index (χ2v) is 8.31. The molecule has 3 heterocycles. The first kappa shape index (κ1) is 20.7. The summed E-state index contributed by atoms with van der Waals surface area (Å²) in [6, 6.07) is 19.0. The van der Waals surface area contributed by atoms with Crippen molar-refractivity contribution in [2.75, 3.05) is 18.0 Å². The van der Waals surface area contributed by atoms with Gasteiger partial charge < -0.3 is 15.1 Å². The zero-order chi connectivity index (χ0) is 23.2. The first-order valence-corrected chi connectivity index (χ1v) is 10.6. The molecule has 5 rings (SSSR count). The van der Waals surface area contributed by atoms with Crippen molar-refractivity contribution in [3.63, 3.8) is 0 Å². The molecule has 1 spiro atoms. The molecule has 2 N–H and O–H groups in total. The van der Waals surface area contributed by atoms with E-state index in [2.05, 4.69) is 4.98 Å². The van der Waals surface area contributed by atoms with Crippen LogP contribution in [0.25, 0.3) is 11.1 Å². The van der Waals surface area contributed by atoms with Gasteiger partial charge in [-0.3, -0.25) is 9.69 Å². The minimum Gasteiger partial charge on any atom is -0.478 e. The molecule has 3 aromatic rings. The van der Waals surface area contributed by atoms with E-state index in [4.69, 9.17) is 0 Å². The van der Waals surface area contributed by atoms with E-state index < -0.39 is 17.5 Å². The minimum absolute atomic E-state index is 0.00265. The van der Waals surface area contributed by atoms with Crippen LogP contribution in [-0.2, 0) is 10.2 Å². The Kier molecular flexibility index (Phi) is 4.85. The molecule has 1 aromatic heterocycles. The predicted octanol–water partition coefficient (Wildman–Crippen LogP) is 4.14. The van der Waals surface area contributed by atoms with Crippen molar-refractivity contribution in [3.05, 3.63) is 78.0 Å². The van der Waals surface area contributed by atoms with Crippen LogP contribution >= 0.6 is 0 Å². The number of aromatic nitrogens is 1. The van der Waals surface area contributed by atoms with Crippen LogP contribution in [0.3, 0.4) is 0 Å². The third kappa shape index (κ3) is 3.31. The number of nitrogens with zero attached hydrogens (tertiary/aromatic N) is 3. The standard InChI is InChI=1S/C25H21N3O5/c29-22(30)18-14-20-21(26-15-18)28(23(31)25(20)10-12-27(13-11-25)24(32)33)19-8-6-17(7-9-19)16-4-2-1-3-5-16/h1-9,14-15H,10-13H2,(H,29,30)(H,32,33). The van der Waals surface area contributed by atoms with Gasteiger partial charge in [0.05, 0.1) is 16.7 Å². The van der Waals surface area contributed by atoms with Gasteiger partial charge in [0.15, 0.2) is 0 Å². The Morgan fingerprint density at radius 2 is 1.55 bits per heavy atom. The highest BCUT2D eigenvalue weighted by Gasteiger charge is 2.54. The molecule has 166 valence electrons. The Balaban J connectivity index is 1.56. The van der Waals surface area contributed by atoms with Crippen LogP contribution in [0.4, 0.5) is 16.3 Å². The maximum Gasteiger partial charge on any atom is 0.407 e. The van der Waals surface area contributed by atoms with E-state index in [9.17, 15) is 24.6 Å². The number of carbonyl (C=O) groups is 3. The van der Waals surface area contributed by atoms with Gasteiger partial charge in [0, 0.05) is 24.8 Å². The largest absolute Gasteiger partial charge is 0.478 e. The lowest BCUT2D eigenvalue weighted by Gasteiger charge is -2.37. The summed E-state index contributed by atoms with van der Waals surface area (Å²) in [5.41, 5.74) is 2.24. The van der Waals surface area contributed by atoms with Crippen LogP contribution < -0.4 is 4.90 Å². The molecule has 1 fully saturated rings. The topological polar surface area (TPSA) is 111 Å². The highest BCUT2D eigenvalue weighted by atomic mass is 16.4. The van der Waals surface area contributed by atoms with E-state index in [1.807, 2.05) is 54.6 Å². The SMILES string of the molecule is O=C(O)c1cnc2c(c1)C1(CCN(C(=O)O)CC1)C(=O)N2c1ccc(-c2ccccc2)cc1. The van der Waals surface area contributed by atoms with E-state index in [0.29, 0.717) is 17.1 Å². The summed E-state index contributed by atoms with van der Waals surface area (Å²) in [4.78, 5) is 44.0. The van der Waals surface area contributed by atoms with E-state index in [-0.39, 0.29) is 37.4 Å². The number of rotatable bonds is 3. The Morgan fingerprint density at radius 3 is 2.15 bits per heavy atom. The molecule has 2 amide bonds. The van der Waals surface area contributed by atoms with Gasteiger partial charge in [-0.15, -0.1) is 0 Å². The quantitative estimate of drug-likeness (QED) is 0.630. The highest BCUT2D eigenvalue weighted by Crippen LogP contribution is 2.50. The van der Waals surface area contributed by atoms with Crippen molar-refractivity contribution in [1.82, 2.24) is 9.88 Å². The third-order valence-electron chi connectivity index (χ3n) is 6.57. The molecular formula is C25H21N3O5. The monoisotopic (exact) mass is 443 g/mol. The Morgan fingerprint density at radius 1 is 0.909 bits per heavy atom. The van der Waals surface area contributed by atoms with Crippen LogP contribution in [0.15, 0.2) is 66.9 Å². The summed E-state index contributed by atoms with van der Waals surface area (Å²) in [5, 5.41) is 18.8. The van der Waals surface area contributed by atoms with Gasteiger partial charge in [0.25, 0.3) is 0 Å². The number of pyridine rings is 1. The van der Waals surface area contributed by atoms with Crippen molar-refractivity contribution in [2.45, 2.75) is 18.3 Å². The number of likely N-dealkylation sites (tertiary alicyclic amines) is 1. The summed E-state index contributed by atoms with van der Waals surface area (Å²) in [6.07, 6.45) is 0.773. The number of aromatic carboxylic acids is 1. The number of hydrogen-bond donors (Lipinski definition) is 2. The van der Waals surface area contributed by atoms with Crippen LogP contribution in [0.1, 0.15) is 28.8 Å². The molecule has 2 aliphatic heterocycles. The normalized spacial score (nSPS) is 16.7. The van der Waals surface area contributed by atoms with Gasteiger partial charge in [-0.05, 0) is 42.2 Å². The molecule has 0 unspecified atom stereocenters. The second kappa shape index (κ2) is 7.74. The molecule has 0 aliphatic carbocycles. The van der Waals surface area contributed by atoms with Crippen molar-refractivity contribution < 1.29 is 24.6 Å². The van der Waals surface area contributed by atoms with Crippen molar-refractivity contribution in [3.8, 4) is 11.1 Å². The number of amides is 2. The van der Waals surface area contributed by atoms with Gasteiger partial charge in [0.2, 0.25) is 5.91 Å². The first-order chi connectivity index (χ1) is 15.9. The molecule has 2 aromatic carbocycles. The maximum absolute atomic E-state index is 13.8. The summed E-state index contributed by atoms with van der Waals surface area (Å²) in [5.74, 6) is -0.923. The van der Waals surface area contributed by atoms with E-state index in [1.54, 1.807) is 0 Å². The molecule has 0 atom stereocenters. The lowest BCUT2D eigenvalue weighted by molar-refractivity contribution is -0.124. The Bertz CT molecular complexity index is 1250. The number of carboxylic acid groups (broad SMARTS) is 2. The van der Waals surface area contributed by atoms with Crippen LogP contribution in [0.2, 0.25) is 0 Å². The average molecular weight is 443 g/mol. The average Bonchev–Trinajstić information content (AvgIpc) is 3.07. The molecule has 8 heteroatoms. The molecule has 0 radical (unpaired) electrons. The molecular weight excluding hydrogens is 422 g/mol. The first-order valence-electron chi connectivity index (χ1n) is 10.6. The Labute approximate surface area is 189 Å². The highest BCUT2D eigenvalue weighted by molar-refractivity contribution is 6.12. The van der Waals surface area contributed by atoms with Gasteiger partial charge in [-0.2, -0.15) is 0 Å². The number of benzene rings is 2. The van der Waals surface area contributed by atoms with E-state index in [1.165, 1.54) is 22.1 Å². The number of carboxylic acids is 1. The molecule has 1 saturated heterocycles. The van der Waals surface area contributed by atoms with Gasteiger partial charge >= 0.3 is 12.1 Å². The third-order valence-corrected chi connectivity index (χ3v) is 6.57. The van der Waals surface area contributed by atoms with E-state index in [0.717, 1.165) is 11.1 Å². The number of hydrogen-bond acceptors (Lipinski definition) is 4. The number of piperidine rings is 1. The summed E-state index contributed by atoms with van der Waals surface area (Å²) in [7, 11) is 0. The Hall–Kier alpha value is -4.20. The smallest absolute Gasteiger partial charge is 0.407 e. The fraction of sp³-hybridized carbons (Fsp3) is 0.200. The second-order valence-electron chi connectivity index (χ2n) is 8.31. The van der Waals surface area contributed by atoms with Crippen LogP contribution in [0, 0.1) is 0 Å². The maximum atomic E-state index is 13.8. The van der Waals surface area contributed by atoms with Gasteiger partial charge in [-0.25, -0.2) is 14.6 Å². The summed E-state index contributed by atoms with van der Waals surface area (Å²) in [6.45, 7) is 0.386. The zero-order valence-electron chi connectivity index (χ0n) is 17.6. The lowest BCUT2D eigenvalue weighted by Crippen LogP contribution is -2.49. The zero-order valence-corrected chi connectivity index (χ0v) is 17.6. The molecule has 0 saturated carbocycles. The van der Waals surface area contributed by atoms with E-state index >= 15 is 0 Å². The van der Waals surface area contributed by atoms with Crippen molar-refractivity contribution in [2.24, 2.45) is 0 Å². The van der Waals surface area contributed by atoms with Gasteiger partial charge in [-0.1, -0.05) is 42.5 Å². The molecule has 8 nitrogen and oxygen atoms in total. The lowest BCUT2D eigenvalue weighted by atomic mass is 9.74. The molecule has 2 aliphatic rings. The molecule has 0 bridgehead atoms.